The lowest BCUT2D eigenvalue weighted by atomic mass is 9.97. The maximum Gasteiger partial charge on any atom is 0.265 e. The third-order valence-electron chi connectivity index (χ3n) is 4.71. The van der Waals surface area contributed by atoms with Crippen LogP contribution in [-0.4, -0.2) is 28.4 Å². The first-order valence-electron chi connectivity index (χ1n) is 8.13. The van der Waals surface area contributed by atoms with Crippen LogP contribution < -0.4 is 5.32 Å². The quantitative estimate of drug-likeness (QED) is 0.402. The number of thiocarbonyl (C=S) groups is 1. The predicted molar refractivity (Wildman–Crippen MR) is 102 cm³/mol. The van der Waals surface area contributed by atoms with Gasteiger partial charge in [0.1, 0.15) is 5.57 Å². The maximum absolute atomic E-state index is 12.7. The van der Waals surface area contributed by atoms with Crippen LogP contribution in [0.3, 0.4) is 0 Å². The average Bonchev–Trinajstić information content (AvgIpc) is 3.02. The standard InChI is InChI=1S/C20H16N2O2S/c1-2-10-22-19(24)16(18(23)21-20(22)25)11-14-9-8-13-7-6-12-4-3-5-15(14)17(12)13/h2-5,8-9,11H,1,6-7,10H2,(H,21,23,25). The Balaban J connectivity index is 1.84. The molecular weight excluding hydrogens is 332 g/mol. The molecule has 1 aliphatic carbocycles. The summed E-state index contributed by atoms with van der Waals surface area (Å²) in [7, 11) is 0. The van der Waals surface area contributed by atoms with Crippen molar-refractivity contribution in [2.24, 2.45) is 0 Å². The molecular formula is C20H16N2O2S. The minimum absolute atomic E-state index is 0.0918. The molecule has 0 aromatic heterocycles. The fourth-order valence-electron chi connectivity index (χ4n) is 3.54. The van der Waals surface area contributed by atoms with Gasteiger partial charge in [-0.15, -0.1) is 6.58 Å². The number of aryl methyl sites for hydroxylation is 2. The number of carbonyl (C=O) groups is 2. The minimum Gasteiger partial charge on any atom is -0.298 e. The lowest BCUT2D eigenvalue weighted by Gasteiger charge is -2.27. The van der Waals surface area contributed by atoms with Gasteiger partial charge >= 0.3 is 0 Å². The highest BCUT2D eigenvalue weighted by Crippen LogP contribution is 2.33. The summed E-state index contributed by atoms with van der Waals surface area (Å²) < 4.78 is 0. The third-order valence-corrected chi connectivity index (χ3v) is 5.03. The smallest absolute Gasteiger partial charge is 0.265 e. The van der Waals surface area contributed by atoms with Gasteiger partial charge in [0.2, 0.25) is 0 Å². The number of hydrogen-bond acceptors (Lipinski definition) is 3. The molecule has 0 atom stereocenters. The van der Waals surface area contributed by atoms with Crippen molar-refractivity contribution in [1.82, 2.24) is 10.2 Å². The summed E-state index contributed by atoms with van der Waals surface area (Å²) in [6, 6.07) is 10.3. The first-order valence-corrected chi connectivity index (χ1v) is 8.54. The van der Waals surface area contributed by atoms with Crippen LogP contribution in [-0.2, 0) is 22.4 Å². The van der Waals surface area contributed by atoms with Crippen LogP contribution in [0, 0.1) is 0 Å². The summed E-state index contributed by atoms with van der Waals surface area (Å²) in [5.74, 6) is -0.851. The van der Waals surface area contributed by atoms with E-state index in [2.05, 4.69) is 24.0 Å². The maximum atomic E-state index is 12.7. The van der Waals surface area contributed by atoms with Crippen LogP contribution in [0.1, 0.15) is 16.7 Å². The van der Waals surface area contributed by atoms with Gasteiger partial charge in [-0.2, -0.15) is 0 Å². The van der Waals surface area contributed by atoms with Crippen molar-refractivity contribution >= 4 is 46.0 Å². The predicted octanol–water partition coefficient (Wildman–Crippen LogP) is 2.75. The normalized spacial score (nSPS) is 18.2. The summed E-state index contributed by atoms with van der Waals surface area (Å²) >= 11 is 5.08. The Kier molecular flexibility index (Phi) is 3.73. The van der Waals surface area contributed by atoms with Crippen LogP contribution in [0.2, 0.25) is 0 Å². The number of benzene rings is 2. The molecule has 2 amide bonds. The van der Waals surface area contributed by atoms with Gasteiger partial charge in [0.05, 0.1) is 0 Å². The van der Waals surface area contributed by atoms with Crippen molar-refractivity contribution in [2.75, 3.05) is 6.54 Å². The molecule has 2 aliphatic rings. The first kappa shape index (κ1) is 15.7. The van der Waals surface area contributed by atoms with Crippen LogP contribution in [0.25, 0.3) is 16.8 Å². The van der Waals surface area contributed by atoms with Crippen molar-refractivity contribution in [3.8, 4) is 0 Å². The molecule has 2 aromatic carbocycles. The van der Waals surface area contributed by atoms with E-state index in [0.29, 0.717) is 0 Å². The van der Waals surface area contributed by atoms with E-state index in [9.17, 15) is 9.59 Å². The van der Waals surface area contributed by atoms with E-state index in [1.54, 1.807) is 12.2 Å². The van der Waals surface area contributed by atoms with Crippen molar-refractivity contribution in [2.45, 2.75) is 12.8 Å². The molecule has 0 unspecified atom stereocenters. The Morgan fingerprint density at radius 3 is 2.68 bits per heavy atom. The number of nitrogens with one attached hydrogen (secondary N) is 1. The van der Waals surface area contributed by atoms with Crippen LogP contribution >= 0.6 is 12.2 Å². The first-order chi connectivity index (χ1) is 12.1. The zero-order chi connectivity index (χ0) is 17.6. The molecule has 1 aliphatic heterocycles. The third kappa shape index (κ3) is 2.48. The van der Waals surface area contributed by atoms with Crippen LogP contribution in [0.5, 0.6) is 0 Å². The fraction of sp³-hybridized carbons (Fsp3) is 0.150. The zero-order valence-electron chi connectivity index (χ0n) is 13.5. The summed E-state index contributed by atoms with van der Waals surface area (Å²) in [6.07, 6.45) is 5.32. The van der Waals surface area contributed by atoms with Gasteiger partial charge < -0.3 is 0 Å². The average molecular weight is 348 g/mol. The highest BCUT2D eigenvalue weighted by atomic mass is 32.1. The molecule has 124 valence electrons. The highest BCUT2D eigenvalue weighted by Gasteiger charge is 2.32. The lowest BCUT2D eigenvalue weighted by molar-refractivity contribution is -0.128. The Morgan fingerprint density at radius 1 is 1.16 bits per heavy atom. The molecule has 0 bridgehead atoms. The van der Waals surface area contributed by atoms with Gasteiger partial charge in [-0.25, -0.2) is 0 Å². The van der Waals surface area contributed by atoms with E-state index in [1.165, 1.54) is 21.4 Å². The van der Waals surface area contributed by atoms with E-state index in [4.69, 9.17) is 12.2 Å². The summed E-state index contributed by atoms with van der Waals surface area (Å²) in [5.41, 5.74) is 3.60. The summed E-state index contributed by atoms with van der Waals surface area (Å²) in [4.78, 5) is 26.3. The molecule has 1 heterocycles. The van der Waals surface area contributed by atoms with E-state index in [1.807, 2.05) is 18.2 Å². The summed E-state index contributed by atoms with van der Waals surface area (Å²) in [6.45, 7) is 3.90. The molecule has 5 heteroatoms. The summed E-state index contributed by atoms with van der Waals surface area (Å²) in [5, 5.41) is 5.02. The second-order valence-corrected chi connectivity index (χ2v) is 6.56. The Morgan fingerprint density at radius 2 is 1.92 bits per heavy atom. The van der Waals surface area contributed by atoms with Crippen molar-refractivity contribution in [3.05, 3.63) is 65.3 Å². The molecule has 4 nitrogen and oxygen atoms in total. The molecule has 1 N–H and O–H groups in total. The molecule has 0 radical (unpaired) electrons. The fourth-order valence-corrected chi connectivity index (χ4v) is 3.79. The van der Waals surface area contributed by atoms with Crippen molar-refractivity contribution in [1.29, 1.82) is 0 Å². The Hall–Kier alpha value is -2.79. The van der Waals surface area contributed by atoms with Gasteiger partial charge in [-0.3, -0.25) is 19.8 Å². The van der Waals surface area contributed by atoms with Gasteiger partial charge in [-0.1, -0.05) is 36.4 Å². The minimum atomic E-state index is -0.460. The lowest BCUT2D eigenvalue weighted by Crippen LogP contribution is -2.53. The second kappa shape index (κ2) is 5.93. The van der Waals surface area contributed by atoms with Crippen molar-refractivity contribution < 1.29 is 9.59 Å². The van der Waals surface area contributed by atoms with Crippen molar-refractivity contribution in [3.63, 3.8) is 0 Å². The second-order valence-electron chi connectivity index (χ2n) is 6.18. The highest BCUT2D eigenvalue weighted by molar-refractivity contribution is 7.80. The monoisotopic (exact) mass is 348 g/mol. The number of amides is 2. The van der Waals surface area contributed by atoms with Crippen LogP contribution in [0.4, 0.5) is 0 Å². The SMILES string of the molecule is C=CCN1C(=O)C(=Cc2ccc3c4c(cccc24)CC3)C(=O)NC1=S. The molecule has 1 fully saturated rings. The van der Waals surface area contributed by atoms with Crippen LogP contribution in [0.15, 0.2) is 48.6 Å². The van der Waals surface area contributed by atoms with E-state index >= 15 is 0 Å². The number of rotatable bonds is 3. The van der Waals surface area contributed by atoms with Gasteiger partial charge in [0, 0.05) is 6.54 Å². The number of carbonyl (C=O) groups excluding carboxylic acids is 2. The van der Waals surface area contributed by atoms with Gasteiger partial charge in [-0.05, 0) is 58.6 Å². The topological polar surface area (TPSA) is 49.4 Å². The molecule has 4 rings (SSSR count). The molecule has 25 heavy (non-hydrogen) atoms. The Labute approximate surface area is 150 Å². The molecule has 2 aromatic rings. The van der Waals surface area contributed by atoms with E-state index in [-0.39, 0.29) is 17.2 Å². The number of hydrogen-bond donors (Lipinski definition) is 1. The largest absolute Gasteiger partial charge is 0.298 e. The van der Waals surface area contributed by atoms with E-state index < -0.39 is 11.8 Å². The zero-order valence-corrected chi connectivity index (χ0v) is 14.4. The molecule has 1 saturated heterocycles. The molecule has 0 spiro atoms. The van der Waals surface area contributed by atoms with Gasteiger partial charge in [0.25, 0.3) is 11.8 Å². The van der Waals surface area contributed by atoms with Gasteiger partial charge in [0.15, 0.2) is 5.11 Å². The van der Waals surface area contributed by atoms with E-state index in [0.717, 1.165) is 23.8 Å². The molecule has 0 saturated carbocycles. The number of nitrogens with zero attached hydrogens (tertiary/aromatic N) is 1. The Bertz CT molecular complexity index is 980.